The highest BCUT2D eigenvalue weighted by molar-refractivity contribution is 7.80. The molecule has 3 saturated heterocycles. The van der Waals surface area contributed by atoms with Gasteiger partial charge in [0, 0.05) is 45.3 Å². The summed E-state index contributed by atoms with van der Waals surface area (Å²) in [6.07, 6.45) is 0. The molecule has 1 unspecified atom stereocenters. The van der Waals surface area contributed by atoms with Crippen molar-refractivity contribution in [3.8, 4) is 0 Å². The van der Waals surface area contributed by atoms with Crippen LogP contribution in [0.3, 0.4) is 0 Å². The fourth-order valence-corrected chi connectivity index (χ4v) is 2.22. The summed E-state index contributed by atoms with van der Waals surface area (Å²) in [5, 5.41) is 3.46. The van der Waals surface area contributed by atoms with E-state index in [-0.39, 0.29) is 0 Å². The van der Waals surface area contributed by atoms with Crippen molar-refractivity contribution in [3.05, 3.63) is 0 Å². The zero-order valence-electron chi connectivity index (χ0n) is 7.70. The topological polar surface area (TPSA) is 44.5 Å². The Labute approximate surface area is 84.1 Å². The first-order chi connectivity index (χ1) is 6.25. The van der Waals surface area contributed by atoms with E-state index in [0.717, 1.165) is 13.1 Å². The van der Waals surface area contributed by atoms with E-state index in [0.29, 0.717) is 11.2 Å². The first-order valence-electron chi connectivity index (χ1n) is 4.75. The van der Waals surface area contributed by atoms with Crippen molar-refractivity contribution in [2.45, 2.75) is 6.04 Å². The molecule has 3 N–H and O–H groups in total. The molecule has 1 atom stereocenters. The van der Waals surface area contributed by atoms with E-state index in [1.807, 2.05) is 0 Å². The third-order valence-electron chi connectivity index (χ3n) is 2.90. The van der Waals surface area contributed by atoms with Gasteiger partial charge in [-0.15, -0.1) is 0 Å². The number of hydrogen-bond donors (Lipinski definition) is 2. The fourth-order valence-electron chi connectivity index (χ4n) is 2.14. The molecule has 0 saturated carbocycles. The van der Waals surface area contributed by atoms with Gasteiger partial charge in [-0.05, 0) is 12.2 Å². The van der Waals surface area contributed by atoms with E-state index in [4.69, 9.17) is 18.0 Å². The van der Waals surface area contributed by atoms with Crippen LogP contribution in [0.2, 0.25) is 0 Å². The lowest BCUT2D eigenvalue weighted by Gasteiger charge is -2.47. The van der Waals surface area contributed by atoms with Gasteiger partial charge in [0.1, 0.15) is 0 Å². The maximum absolute atomic E-state index is 5.40. The summed E-state index contributed by atoms with van der Waals surface area (Å²) in [6.45, 7) is 6.90. The minimum atomic E-state index is 0.414. The molecule has 0 spiro atoms. The van der Waals surface area contributed by atoms with E-state index < -0.39 is 0 Å². The Morgan fingerprint density at radius 3 is 2.54 bits per heavy atom. The zero-order valence-corrected chi connectivity index (χ0v) is 8.52. The van der Waals surface area contributed by atoms with Crippen LogP contribution >= 0.6 is 12.2 Å². The molecular weight excluding hydrogens is 184 g/mol. The second-order valence-corrected chi connectivity index (χ2v) is 4.18. The predicted molar refractivity (Wildman–Crippen MR) is 56.6 cm³/mol. The average molecular weight is 200 g/mol. The molecule has 4 nitrogen and oxygen atoms in total. The van der Waals surface area contributed by atoms with Gasteiger partial charge in [0.25, 0.3) is 0 Å². The Bertz CT molecular complexity index is 200. The second kappa shape index (κ2) is 3.77. The predicted octanol–water partition coefficient (Wildman–Crippen LogP) is -1.18. The van der Waals surface area contributed by atoms with Gasteiger partial charge in [0.15, 0.2) is 5.11 Å². The molecule has 0 aromatic rings. The van der Waals surface area contributed by atoms with Crippen LogP contribution in [-0.2, 0) is 0 Å². The minimum Gasteiger partial charge on any atom is -0.376 e. The Balaban J connectivity index is 1.83. The van der Waals surface area contributed by atoms with Crippen LogP contribution in [0.15, 0.2) is 0 Å². The smallest absolute Gasteiger partial charge is 0.163 e. The van der Waals surface area contributed by atoms with Gasteiger partial charge in [-0.3, -0.25) is 9.80 Å². The maximum atomic E-state index is 5.40. The van der Waals surface area contributed by atoms with E-state index in [2.05, 4.69) is 15.1 Å². The molecule has 74 valence electrons. The molecule has 13 heavy (non-hydrogen) atoms. The van der Waals surface area contributed by atoms with Crippen LogP contribution in [0, 0.1) is 0 Å². The highest BCUT2D eigenvalue weighted by Crippen LogP contribution is 2.14. The Hall–Kier alpha value is -0.390. The van der Waals surface area contributed by atoms with Gasteiger partial charge in [0.2, 0.25) is 0 Å². The van der Waals surface area contributed by atoms with Gasteiger partial charge in [-0.1, -0.05) is 0 Å². The first-order valence-corrected chi connectivity index (χ1v) is 5.16. The van der Waals surface area contributed by atoms with Gasteiger partial charge < -0.3 is 11.1 Å². The normalized spacial score (nSPS) is 37.4. The third kappa shape index (κ3) is 2.10. The number of nitrogens with zero attached hydrogens (tertiary/aromatic N) is 2. The summed E-state index contributed by atoms with van der Waals surface area (Å²) in [7, 11) is 0. The van der Waals surface area contributed by atoms with E-state index in [9.17, 15) is 0 Å². The number of thiocarbonyl (C=S) groups is 1. The lowest BCUT2D eigenvalue weighted by molar-refractivity contribution is 0.0155. The number of rotatable bonds is 2. The SMILES string of the molecule is NC(=S)NCC1CN2CCN1CC2. The molecule has 3 fully saturated rings. The highest BCUT2D eigenvalue weighted by Gasteiger charge is 2.31. The van der Waals surface area contributed by atoms with Gasteiger partial charge in [-0.25, -0.2) is 0 Å². The lowest BCUT2D eigenvalue weighted by atomic mass is 10.1. The molecule has 3 aliphatic rings. The number of nitrogens with two attached hydrogens (primary N) is 1. The summed E-state index contributed by atoms with van der Waals surface area (Å²) in [6, 6.07) is 0.601. The van der Waals surface area contributed by atoms with Gasteiger partial charge >= 0.3 is 0 Å². The monoisotopic (exact) mass is 200 g/mol. The van der Waals surface area contributed by atoms with Gasteiger partial charge in [0.05, 0.1) is 0 Å². The zero-order chi connectivity index (χ0) is 9.26. The van der Waals surface area contributed by atoms with Crippen molar-refractivity contribution in [1.29, 1.82) is 0 Å². The van der Waals surface area contributed by atoms with E-state index in [1.54, 1.807) is 0 Å². The maximum Gasteiger partial charge on any atom is 0.163 e. The van der Waals surface area contributed by atoms with Crippen LogP contribution in [-0.4, -0.2) is 60.2 Å². The van der Waals surface area contributed by atoms with Crippen LogP contribution in [0.25, 0.3) is 0 Å². The Morgan fingerprint density at radius 2 is 2.08 bits per heavy atom. The highest BCUT2D eigenvalue weighted by atomic mass is 32.1. The summed E-state index contributed by atoms with van der Waals surface area (Å²) < 4.78 is 0. The summed E-state index contributed by atoms with van der Waals surface area (Å²) in [5.74, 6) is 0. The van der Waals surface area contributed by atoms with Crippen molar-refractivity contribution in [3.63, 3.8) is 0 Å². The molecule has 0 radical (unpaired) electrons. The summed E-state index contributed by atoms with van der Waals surface area (Å²) in [4.78, 5) is 5.02. The minimum absolute atomic E-state index is 0.414. The van der Waals surface area contributed by atoms with Crippen LogP contribution in [0.5, 0.6) is 0 Å². The number of piperazine rings is 3. The quantitative estimate of drug-likeness (QED) is 0.549. The van der Waals surface area contributed by atoms with Crippen LogP contribution in [0.4, 0.5) is 0 Å². The van der Waals surface area contributed by atoms with Crippen molar-refractivity contribution in [2.75, 3.05) is 39.3 Å². The lowest BCUT2D eigenvalue weighted by Crippen LogP contribution is -2.63. The second-order valence-electron chi connectivity index (χ2n) is 3.74. The largest absolute Gasteiger partial charge is 0.376 e. The number of fused-ring (bicyclic) bond motifs is 3. The van der Waals surface area contributed by atoms with Gasteiger partial charge in [-0.2, -0.15) is 0 Å². The van der Waals surface area contributed by atoms with Crippen molar-refractivity contribution < 1.29 is 0 Å². The first kappa shape index (κ1) is 9.18. The Kier molecular flexibility index (Phi) is 2.66. The number of nitrogens with one attached hydrogen (secondary N) is 1. The molecule has 3 aliphatic heterocycles. The van der Waals surface area contributed by atoms with Crippen molar-refractivity contribution in [1.82, 2.24) is 15.1 Å². The molecule has 0 aromatic carbocycles. The molecule has 0 amide bonds. The van der Waals surface area contributed by atoms with Crippen LogP contribution in [0.1, 0.15) is 0 Å². The molecule has 2 bridgehead atoms. The number of hydrogen-bond acceptors (Lipinski definition) is 3. The van der Waals surface area contributed by atoms with E-state index >= 15 is 0 Å². The molecule has 0 aliphatic carbocycles. The fraction of sp³-hybridized carbons (Fsp3) is 0.875. The third-order valence-corrected chi connectivity index (χ3v) is 3.05. The van der Waals surface area contributed by atoms with Crippen LogP contribution < -0.4 is 11.1 Å². The van der Waals surface area contributed by atoms with Crippen molar-refractivity contribution in [2.24, 2.45) is 5.73 Å². The molecular formula is C8H16N4S. The molecule has 5 heteroatoms. The summed E-state index contributed by atoms with van der Waals surface area (Å²) in [5.41, 5.74) is 5.40. The Morgan fingerprint density at radius 1 is 1.38 bits per heavy atom. The molecule has 0 aromatic heterocycles. The summed E-state index contributed by atoms with van der Waals surface area (Å²) >= 11 is 4.78. The van der Waals surface area contributed by atoms with Crippen molar-refractivity contribution >= 4 is 17.3 Å². The molecule has 3 heterocycles. The van der Waals surface area contributed by atoms with E-state index in [1.165, 1.54) is 26.2 Å². The standard InChI is InChI=1S/C8H16N4S/c9-8(13)10-5-7-6-11-1-3-12(7)4-2-11/h7H,1-6H2,(H3,9,10,13). The molecule has 3 rings (SSSR count). The average Bonchev–Trinajstić information content (AvgIpc) is 2.17.